The first-order valence-electron chi connectivity index (χ1n) is 13.5. The van der Waals surface area contributed by atoms with Crippen molar-refractivity contribution in [3.63, 3.8) is 0 Å². The van der Waals surface area contributed by atoms with Gasteiger partial charge >= 0.3 is 0 Å². The van der Waals surface area contributed by atoms with Gasteiger partial charge in [-0.3, -0.25) is 0 Å². The van der Waals surface area contributed by atoms with Gasteiger partial charge in [0.15, 0.2) is 0 Å². The molecule has 214 valence electrons. The Morgan fingerprint density at radius 3 is 2.64 bits per heavy atom. The summed E-state index contributed by atoms with van der Waals surface area (Å²) in [5, 5.41) is 15.0. The fraction of sp³-hybridized carbons (Fsp3) is 0.276. The van der Waals surface area contributed by atoms with Crippen molar-refractivity contribution < 1.29 is 9.47 Å². The van der Waals surface area contributed by atoms with Crippen LogP contribution in [0.3, 0.4) is 0 Å². The number of rotatable bonds is 9. The summed E-state index contributed by atoms with van der Waals surface area (Å²) in [6.45, 7) is 5.93. The summed E-state index contributed by atoms with van der Waals surface area (Å²) in [6.07, 6.45) is 7.55. The van der Waals surface area contributed by atoms with Gasteiger partial charge in [-0.25, -0.2) is 24.6 Å². The fourth-order valence-corrected chi connectivity index (χ4v) is 5.05. The van der Waals surface area contributed by atoms with Gasteiger partial charge in [-0.05, 0) is 77.7 Å². The number of methoxy groups -OCH3 is 1. The van der Waals surface area contributed by atoms with Gasteiger partial charge in [0.25, 0.3) is 0 Å². The van der Waals surface area contributed by atoms with Crippen LogP contribution in [0.4, 0.5) is 17.5 Å². The van der Waals surface area contributed by atoms with Gasteiger partial charge in [-0.2, -0.15) is 0 Å². The maximum Gasteiger partial charge on any atom is 0.227 e. The summed E-state index contributed by atoms with van der Waals surface area (Å²) in [4.78, 5) is 20.2. The molecule has 3 aromatic heterocycles. The molecule has 4 heterocycles. The number of nitrogens with one attached hydrogen (secondary N) is 1. The first kappa shape index (κ1) is 27.3. The molecule has 0 spiro atoms. The van der Waals surface area contributed by atoms with E-state index in [9.17, 15) is 0 Å². The normalized spacial score (nSPS) is 13.4. The number of halogens is 1. The summed E-state index contributed by atoms with van der Waals surface area (Å²) in [6, 6.07) is 11.7. The van der Waals surface area contributed by atoms with Crippen molar-refractivity contribution in [1.29, 1.82) is 0 Å². The number of hydrogen-bond acceptors (Lipinski definition) is 11. The highest BCUT2D eigenvalue weighted by atomic mass is 35.5. The average Bonchev–Trinajstić information content (AvgIpc) is 3.51. The standard InChI is InChI=1S/C29H29ClN10O2/c1-18(15-40-17-34-37-38-40)42-26-11-20(4-5-24(26)30)23-13-32-29(33-14-23)36-25-10-21-7-9-39(16-22(21)12-27(25)41-3)28-6-8-31-19(2)35-28/h4-6,8,10-14,17-18H,7,9,15-16H2,1-3H3,(H,32,33,36)/t18-/m0/s1. The monoisotopic (exact) mass is 584 g/mol. The highest BCUT2D eigenvalue weighted by molar-refractivity contribution is 6.32. The predicted octanol–water partition coefficient (Wildman–Crippen LogP) is 4.66. The first-order valence-corrected chi connectivity index (χ1v) is 13.8. The number of nitrogens with zero attached hydrogens (tertiary/aromatic N) is 9. The van der Waals surface area contributed by atoms with E-state index in [1.54, 1.807) is 42.8 Å². The Morgan fingerprint density at radius 1 is 1.02 bits per heavy atom. The smallest absolute Gasteiger partial charge is 0.227 e. The molecule has 0 radical (unpaired) electrons. The van der Waals surface area contributed by atoms with Crippen molar-refractivity contribution in [3.8, 4) is 22.6 Å². The highest BCUT2D eigenvalue weighted by Gasteiger charge is 2.21. The second-order valence-corrected chi connectivity index (χ2v) is 10.4. The van der Waals surface area contributed by atoms with Crippen molar-refractivity contribution in [3.05, 3.63) is 83.3 Å². The number of benzene rings is 2. The lowest BCUT2D eigenvalue weighted by atomic mass is 9.98. The van der Waals surface area contributed by atoms with Crippen LogP contribution in [0, 0.1) is 6.92 Å². The van der Waals surface area contributed by atoms with Gasteiger partial charge in [0.2, 0.25) is 5.95 Å². The molecule has 13 heteroatoms. The maximum atomic E-state index is 6.42. The van der Waals surface area contributed by atoms with Gasteiger partial charge < -0.3 is 19.7 Å². The van der Waals surface area contributed by atoms with E-state index in [4.69, 9.17) is 21.1 Å². The molecule has 5 aromatic rings. The quantitative estimate of drug-likeness (QED) is 0.259. The lowest BCUT2D eigenvalue weighted by Crippen LogP contribution is -2.31. The number of tetrazole rings is 1. The minimum atomic E-state index is -0.199. The molecule has 1 atom stereocenters. The third kappa shape index (κ3) is 6.08. The molecule has 0 aliphatic carbocycles. The molecule has 12 nitrogen and oxygen atoms in total. The van der Waals surface area contributed by atoms with Crippen molar-refractivity contribution in [1.82, 2.24) is 40.1 Å². The molecular weight excluding hydrogens is 556 g/mol. The summed E-state index contributed by atoms with van der Waals surface area (Å²) in [5.74, 6) is 3.44. The van der Waals surface area contributed by atoms with Crippen molar-refractivity contribution >= 4 is 29.1 Å². The Hall–Kier alpha value is -4.84. The molecule has 0 unspecified atom stereocenters. The summed E-state index contributed by atoms with van der Waals surface area (Å²) < 4.78 is 13.4. The number of aromatic nitrogens is 8. The van der Waals surface area contributed by atoms with E-state index in [-0.39, 0.29) is 6.10 Å². The van der Waals surface area contributed by atoms with Gasteiger partial charge in [0.05, 0.1) is 24.4 Å². The van der Waals surface area contributed by atoms with Gasteiger partial charge in [0, 0.05) is 37.2 Å². The maximum absolute atomic E-state index is 6.42. The van der Waals surface area contributed by atoms with E-state index in [1.807, 2.05) is 32.0 Å². The fourth-order valence-electron chi connectivity index (χ4n) is 4.89. The SMILES string of the molecule is COc1cc2c(cc1Nc1ncc(-c3ccc(Cl)c(O[C@@H](C)Cn4cnnn4)c3)cn1)CCN(c1ccnc(C)n1)C2. The molecule has 0 amide bonds. The topological polar surface area (TPSA) is 129 Å². The van der Waals surface area contributed by atoms with Gasteiger partial charge in [-0.15, -0.1) is 5.10 Å². The molecule has 6 rings (SSSR count). The molecule has 1 aliphatic rings. The van der Waals surface area contributed by atoms with Crippen LogP contribution in [0.5, 0.6) is 11.5 Å². The molecule has 1 aliphatic heterocycles. The zero-order valence-electron chi connectivity index (χ0n) is 23.4. The number of ether oxygens (including phenoxy) is 2. The Morgan fingerprint density at radius 2 is 1.88 bits per heavy atom. The second kappa shape index (κ2) is 12.0. The highest BCUT2D eigenvalue weighted by Crippen LogP contribution is 2.35. The predicted molar refractivity (Wildman–Crippen MR) is 158 cm³/mol. The zero-order chi connectivity index (χ0) is 29.1. The molecule has 0 bridgehead atoms. The molecule has 0 fully saturated rings. The number of anilines is 3. The largest absolute Gasteiger partial charge is 0.495 e. The third-order valence-corrected chi connectivity index (χ3v) is 7.26. The van der Waals surface area contributed by atoms with Crippen LogP contribution in [0.15, 0.2) is 61.3 Å². The van der Waals surface area contributed by atoms with Crippen LogP contribution >= 0.6 is 11.6 Å². The molecule has 42 heavy (non-hydrogen) atoms. The van der Waals surface area contributed by atoms with Crippen LogP contribution in [0.25, 0.3) is 11.1 Å². The Bertz CT molecular complexity index is 1680. The van der Waals surface area contributed by atoms with Crippen LogP contribution in [-0.2, 0) is 19.5 Å². The minimum Gasteiger partial charge on any atom is -0.495 e. The summed E-state index contributed by atoms with van der Waals surface area (Å²) in [7, 11) is 1.66. The Kier molecular flexibility index (Phi) is 7.78. The van der Waals surface area contributed by atoms with E-state index in [1.165, 1.54) is 11.1 Å². The third-order valence-electron chi connectivity index (χ3n) is 6.95. The molecular formula is C29H29ClN10O2. The van der Waals surface area contributed by atoms with E-state index >= 15 is 0 Å². The molecule has 1 N–H and O–H groups in total. The Labute approximate surface area is 247 Å². The van der Waals surface area contributed by atoms with Crippen LogP contribution in [0.2, 0.25) is 5.02 Å². The summed E-state index contributed by atoms with van der Waals surface area (Å²) >= 11 is 6.42. The lowest BCUT2D eigenvalue weighted by molar-refractivity contribution is 0.193. The van der Waals surface area contributed by atoms with Gasteiger partial charge in [-0.1, -0.05) is 17.7 Å². The van der Waals surface area contributed by atoms with Crippen molar-refractivity contribution in [2.45, 2.75) is 39.5 Å². The first-order chi connectivity index (χ1) is 20.4. The van der Waals surface area contributed by atoms with Crippen molar-refractivity contribution in [2.75, 3.05) is 23.9 Å². The van der Waals surface area contributed by atoms with E-state index in [0.717, 1.165) is 53.7 Å². The molecule has 2 aromatic carbocycles. The van der Waals surface area contributed by atoms with E-state index in [0.29, 0.717) is 23.3 Å². The number of aryl methyl sites for hydroxylation is 1. The lowest BCUT2D eigenvalue weighted by Gasteiger charge is -2.30. The molecule has 0 saturated heterocycles. The number of fused-ring (bicyclic) bond motifs is 1. The average molecular weight is 585 g/mol. The molecule has 0 saturated carbocycles. The van der Waals surface area contributed by atoms with Crippen LogP contribution in [0.1, 0.15) is 23.9 Å². The Balaban J connectivity index is 1.16. The summed E-state index contributed by atoms with van der Waals surface area (Å²) in [5.41, 5.74) is 4.97. The van der Waals surface area contributed by atoms with Crippen LogP contribution in [-0.4, -0.2) is 59.9 Å². The van der Waals surface area contributed by atoms with E-state index < -0.39 is 0 Å². The zero-order valence-corrected chi connectivity index (χ0v) is 24.2. The van der Waals surface area contributed by atoms with Crippen LogP contribution < -0.4 is 19.7 Å². The number of hydrogen-bond donors (Lipinski definition) is 1. The van der Waals surface area contributed by atoms with Gasteiger partial charge in [0.1, 0.15) is 35.6 Å². The minimum absolute atomic E-state index is 0.199. The second-order valence-electron chi connectivity index (χ2n) is 9.98. The van der Waals surface area contributed by atoms with E-state index in [2.05, 4.69) is 57.8 Å². The van der Waals surface area contributed by atoms with Crippen molar-refractivity contribution in [2.24, 2.45) is 0 Å².